The Labute approximate surface area is 193 Å². The Morgan fingerprint density at radius 1 is 0.935 bits per heavy atom. The first kappa shape index (κ1) is 25.5. The van der Waals surface area contributed by atoms with Crippen LogP contribution in [-0.4, -0.2) is 31.7 Å². The van der Waals surface area contributed by atoms with Gasteiger partial charge in [-0.25, -0.2) is 0 Å². The molecule has 3 nitrogen and oxygen atoms in total. The van der Waals surface area contributed by atoms with Gasteiger partial charge in [-0.3, -0.25) is 0 Å². The molecule has 9 atom stereocenters. The van der Waals surface area contributed by atoms with E-state index in [0.717, 1.165) is 6.42 Å². The molecule has 7 unspecified atom stereocenters. The largest absolute Gasteiger partial charge is 0.381 e. The first-order valence-corrected chi connectivity index (χ1v) is 12.9. The van der Waals surface area contributed by atoms with Gasteiger partial charge in [-0.1, -0.05) is 69.2 Å². The molecule has 1 saturated heterocycles. The predicted molar refractivity (Wildman–Crippen MR) is 129 cm³/mol. The molecule has 0 aromatic rings. The molecule has 1 aliphatic heterocycles. The third-order valence-corrected chi connectivity index (χ3v) is 9.85. The van der Waals surface area contributed by atoms with E-state index in [0.29, 0.717) is 29.1 Å². The fraction of sp³-hybridized carbons (Fsp3) is 1.00. The van der Waals surface area contributed by atoms with Crippen molar-refractivity contribution in [3.8, 4) is 0 Å². The summed E-state index contributed by atoms with van der Waals surface area (Å²) in [7, 11) is 1.91. The van der Waals surface area contributed by atoms with Crippen LogP contribution >= 0.6 is 0 Å². The van der Waals surface area contributed by atoms with Crippen LogP contribution in [0.4, 0.5) is 0 Å². The molecule has 3 aliphatic rings. The van der Waals surface area contributed by atoms with Crippen LogP contribution in [0.25, 0.3) is 0 Å². The van der Waals surface area contributed by atoms with Gasteiger partial charge < -0.3 is 14.2 Å². The molecular formula is C28H52O3. The molecule has 0 spiro atoms. The highest BCUT2D eigenvalue weighted by atomic mass is 16.7. The Balaban J connectivity index is 1.89. The van der Waals surface area contributed by atoms with Gasteiger partial charge in [-0.15, -0.1) is 0 Å². The van der Waals surface area contributed by atoms with Crippen molar-refractivity contribution in [3.05, 3.63) is 0 Å². The first-order chi connectivity index (χ1) is 14.1. The quantitative estimate of drug-likeness (QED) is 0.451. The summed E-state index contributed by atoms with van der Waals surface area (Å²) in [6.07, 6.45) is 5.27. The van der Waals surface area contributed by atoms with Gasteiger partial charge in [0.25, 0.3) is 0 Å². The lowest BCUT2D eigenvalue weighted by atomic mass is 9.71. The second-order valence-electron chi connectivity index (χ2n) is 13.9. The fourth-order valence-electron chi connectivity index (χ4n) is 8.84. The molecule has 1 heterocycles. The third-order valence-electron chi connectivity index (χ3n) is 9.85. The molecule has 0 radical (unpaired) electrons. The average Bonchev–Trinajstić information content (AvgIpc) is 2.89. The maximum atomic E-state index is 6.96. The Bertz CT molecular complexity index is 638. The summed E-state index contributed by atoms with van der Waals surface area (Å²) in [6.45, 7) is 26.3. The topological polar surface area (TPSA) is 27.7 Å². The maximum Gasteiger partial charge on any atom is 0.161 e. The molecular weight excluding hydrogens is 384 g/mol. The number of ether oxygens (including phenoxy) is 3. The number of fused-ring (bicyclic) bond motifs is 1. The summed E-state index contributed by atoms with van der Waals surface area (Å²) in [5, 5.41) is 0. The average molecular weight is 437 g/mol. The highest BCUT2D eigenvalue weighted by molar-refractivity contribution is 5.15. The van der Waals surface area contributed by atoms with Crippen molar-refractivity contribution in [2.45, 2.75) is 126 Å². The summed E-state index contributed by atoms with van der Waals surface area (Å²) >= 11 is 0. The molecule has 3 fully saturated rings. The van der Waals surface area contributed by atoms with E-state index in [1.807, 2.05) is 7.11 Å². The molecule has 0 aromatic carbocycles. The highest BCUT2D eigenvalue weighted by Crippen LogP contribution is 2.69. The van der Waals surface area contributed by atoms with Crippen LogP contribution in [-0.2, 0) is 14.2 Å². The van der Waals surface area contributed by atoms with Crippen LogP contribution in [0.3, 0.4) is 0 Å². The van der Waals surface area contributed by atoms with Gasteiger partial charge in [0.05, 0.1) is 18.3 Å². The summed E-state index contributed by atoms with van der Waals surface area (Å²) in [6, 6.07) is 0. The lowest BCUT2D eigenvalue weighted by Gasteiger charge is -2.43. The molecule has 182 valence electrons. The lowest BCUT2D eigenvalue weighted by Crippen LogP contribution is -2.45. The number of methoxy groups -OCH3 is 1. The highest BCUT2D eigenvalue weighted by Gasteiger charge is 2.66. The van der Waals surface area contributed by atoms with Gasteiger partial charge >= 0.3 is 0 Å². The van der Waals surface area contributed by atoms with E-state index in [2.05, 4.69) is 76.2 Å². The van der Waals surface area contributed by atoms with E-state index in [1.54, 1.807) is 0 Å². The van der Waals surface area contributed by atoms with Crippen molar-refractivity contribution >= 4 is 0 Å². The third kappa shape index (κ3) is 4.37. The summed E-state index contributed by atoms with van der Waals surface area (Å²) in [4.78, 5) is 0. The van der Waals surface area contributed by atoms with Gasteiger partial charge in [0.2, 0.25) is 0 Å². The summed E-state index contributed by atoms with van der Waals surface area (Å²) in [5.74, 6) is 1.91. The monoisotopic (exact) mass is 436 g/mol. The van der Waals surface area contributed by atoms with Crippen molar-refractivity contribution in [1.29, 1.82) is 0 Å². The predicted octanol–water partition coefficient (Wildman–Crippen LogP) is 7.33. The Kier molecular flexibility index (Phi) is 6.81. The smallest absolute Gasteiger partial charge is 0.161 e. The second-order valence-corrected chi connectivity index (χ2v) is 13.9. The SMILES string of the molecule is CCC1OC(OC(C)C2C3C(OC)C(C)(C)C[C@]3(C)CC2(C)C)C(C)C(C)(C)C[C@@H]1C. The molecule has 0 N–H and O–H groups in total. The summed E-state index contributed by atoms with van der Waals surface area (Å²) in [5.41, 5.74) is 0.954. The fourth-order valence-corrected chi connectivity index (χ4v) is 8.84. The van der Waals surface area contributed by atoms with Gasteiger partial charge in [-0.05, 0) is 72.0 Å². The van der Waals surface area contributed by atoms with Crippen LogP contribution in [0.5, 0.6) is 0 Å². The van der Waals surface area contributed by atoms with Crippen molar-refractivity contribution in [2.75, 3.05) is 7.11 Å². The molecule has 3 heteroatoms. The number of hydrogen-bond donors (Lipinski definition) is 0. The number of rotatable bonds is 5. The van der Waals surface area contributed by atoms with Crippen LogP contribution < -0.4 is 0 Å². The Hall–Kier alpha value is -0.120. The van der Waals surface area contributed by atoms with Crippen molar-refractivity contribution in [2.24, 2.45) is 45.3 Å². The van der Waals surface area contributed by atoms with E-state index >= 15 is 0 Å². The molecule has 0 bridgehead atoms. The van der Waals surface area contributed by atoms with Gasteiger partial charge in [-0.2, -0.15) is 0 Å². The van der Waals surface area contributed by atoms with E-state index in [4.69, 9.17) is 14.2 Å². The normalized spacial score (nSPS) is 47.0. The maximum absolute atomic E-state index is 6.96. The Morgan fingerprint density at radius 2 is 1.52 bits per heavy atom. The van der Waals surface area contributed by atoms with Crippen LogP contribution in [0.2, 0.25) is 0 Å². The van der Waals surface area contributed by atoms with E-state index < -0.39 is 0 Å². The second kappa shape index (κ2) is 8.27. The van der Waals surface area contributed by atoms with Crippen LogP contribution in [0.15, 0.2) is 0 Å². The van der Waals surface area contributed by atoms with Crippen LogP contribution in [0.1, 0.15) is 102 Å². The Morgan fingerprint density at radius 3 is 2.06 bits per heavy atom. The minimum atomic E-state index is -0.141. The summed E-state index contributed by atoms with van der Waals surface area (Å²) < 4.78 is 19.9. The van der Waals surface area contributed by atoms with Crippen molar-refractivity contribution in [3.63, 3.8) is 0 Å². The minimum absolute atomic E-state index is 0.141. The van der Waals surface area contributed by atoms with Crippen molar-refractivity contribution in [1.82, 2.24) is 0 Å². The molecule has 0 aromatic heterocycles. The molecule has 2 saturated carbocycles. The zero-order valence-electron chi connectivity index (χ0n) is 22.7. The molecule has 3 rings (SSSR count). The standard InChI is InChI=1S/C28H52O3/c1-13-20-17(2)14-25(5,6)18(3)24(31-20)30-19(4)21-22-23(29-12)27(9,10)16-28(22,11)15-26(21,7)8/h17-24H,13-16H2,1-12H3/t17-,18?,19?,20?,21?,22?,23?,24?,28-/m0/s1. The zero-order chi connectivity index (χ0) is 23.6. The van der Waals surface area contributed by atoms with E-state index in [-0.39, 0.29) is 40.8 Å². The zero-order valence-corrected chi connectivity index (χ0v) is 22.7. The molecule has 2 aliphatic carbocycles. The van der Waals surface area contributed by atoms with Gasteiger partial charge in [0.1, 0.15) is 0 Å². The van der Waals surface area contributed by atoms with Crippen LogP contribution in [0, 0.1) is 45.3 Å². The lowest BCUT2D eigenvalue weighted by molar-refractivity contribution is -0.239. The van der Waals surface area contributed by atoms with E-state index in [1.165, 1.54) is 19.3 Å². The minimum Gasteiger partial charge on any atom is -0.381 e. The number of hydrogen-bond acceptors (Lipinski definition) is 3. The first-order valence-electron chi connectivity index (χ1n) is 12.9. The molecule has 31 heavy (non-hydrogen) atoms. The van der Waals surface area contributed by atoms with E-state index in [9.17, 15) is 0 Å². The van der Waals surface area contributed by atoms with Crippen molar-refractivity contribution < 1.29 is 14.2 Å². The molecule has 0 amide bonds. The van der Waals surface area contributed by atoms with Gasteiger partial charge in [0.15, 0.2) is 6.29 Å². The van der Waals surface area contributed by atoms with Gasteiger partial charge in [0, 0.05) is 13.0 Å².